The number of aliphatic carboxylic acids is 1. The van der Waals surface area contributed by atoms with Gasteiger partial charge in [-0.1, -0.05) is 0 Å². The number of phenols is 1. The van der Waals surface area contributed by atoms with Crippen LogP contribution in [-0.4, -0.2) is 47.1 Å². The lowest BCUT2D eigenvalue weighted by Gasteiger charge is -2.14. The van der Waals surface area contributed by atoms with Gasteiger partial charge in [0.25, 0.3) is 5.91 Å². The topological polar surface area (TPSA) is 142 Å². The second-order valence-corrected chi connectivity index (χ2v) is 4.97. The molecule has 0 fully saturated rings. The van der Waals surface area contributed by atoms with Gasteiger partial charge >= 0.3 is 5.97 Å². The third-order valence-corrected chi connectivity index (χ3v) is 3.12. The number of aromatic hydroxyl groups is 1. The maximum absolute atomic E-state index is 11.8. The molecule has 23 heavy (non-hydrogen) atoms. The largest absolute Gasteiger partial charge is 0.508 e. The molecule has 126 valence electrons. The van der Waals surface area contributed by atoms with Gasteiger partial charge in [0.05, 0.1) is 6.54 Å². The van der Waals surface area contributed by atoms with E-state index in [1.54, 1.807) is 0 Å². The van der Waals surface area contributed by atoms with Crippen molar-refractivity contribution < 1.29 is 24.6 Å². The molecule has 0 aliphatic carbocycles. The van der Waals surface area contributed by atoms with Gasteiger partial charge in [0, 0.05) is 5.56 Å². The maximum Gasteiger partial charge on any atom is 0.326 e. The average Bonchev–Trinajstić information content (AvgIpc) is 2.52. The van der Waals surface area contributed by atoms with Gasteiger partial charge in [-0.2, -0.15) is 0 Å². The Morgan fingerprint density at radius 3 is 2.35 bits per heavy atom. The molecule has 0 aliphatic heterocycles. The van der Waals surface area contributed by atoms with Crippen LogP contribution >= 0.6 is 0 Å². The molecular formula is C15H21N3O5. The molecule has 1 rings (SSSR count). The van der Waals surface area contributed by atoms with E-state index < -0.39 is 23.8 Å². The molecular weight excluding hydrogens is 302 g/mol. The van der Waals surface area contributed by atoms with E-state index in [-0.39, 0.29) is 24.3 Å². The van der Waals surface area contributed by atoms with Crippen molar-refractivity contribution in [3.63, 3.8) is 0 Å². The highest BCUT2D eigenvalue weighted by Gasteiger charge is 2.19. The molecule has 8 nitrogen and oxygen atoms in total. The van der Waals surface area contributed by atoms with E-state index in [2.05, 4.69) is 10.6 Å². The average molecular weight is 323 g/mol. The third kappa shape index (κ3) is 6.79. The molecule has 8 heteroatoms. The van der Waals surface area contributed by atoms with Crippen molar-refractivity contribution in [2.45, 2.75) is 25.3 Å². The van der Waals surface area contributed by atoms with Crippen LogP contribution in [0, 0.1) is 0 Å². The molecule has 1 aromatic carbocycles. The molecule has 2 amide bonds. The number of carboxylic acid groups (broad SMARTS) is 1. The van der Waals surface area contributed by atoms with E-state index in [0.29, 0.717) is 19.4 Å². The van der Waals surface area contributed by atoms with Crippen LogP contribution in [0.1, 0.15) is 29.6 Å². The number of carbonyl (C=O) groups is 3. The second kappa shape index (κ2) is 9.42. The van der Waals surface area contributed by atoms with Crippen molar-refractivity contribution in [2.75, 3.05) is 13.1 Å². The van der Waals surface area contributed by atoms with Crippen molar-refractivity contribution in [1.82, 2.24) is 10.6 Å². The zero-order chi connectivity index (χ0) is 17.2. The molecule has 1 unspecified atom stereocenters. The van der Waals surface area contributed by atoms with Crippen molar-refractivity contribution in [1.29, 1.82) is 0 Å². The van der Waals surface area contributed by atoms with Gasteiger partial charge in [-0.05, 0) is 50.1 Å². The van der Waals surface area contributed by atoms with Gasteiger partial charge in [-0.3, -0.25) is 9.59 Å². The van der Waals surface area contributed by atoms with Gasteiger partial charge < -0.3 is 26.6 Å². The quantitative estimate of drug-likeness (QED) is 0.399. The minimum absolute atomic E-state index is 0.0288. The van der Waals surface area contributed by atoms with Crippen molar-refractivity contribution >= 4 is 17.8 Å². The first-order valence-electron chi connectivity index (χ1n) is 7.23. The molecule has 0 radical (unpaired) electrons. The Balaban J connectivity index is 2.43. The zero-order valence-corrected chi connectivity index (χ0v) is 12.6. The van der Waals surface area contributed by atoms with Gasteiger partial charge in [0.2, 0.25) is 5.91 Å². The summed E-state index contributed by atoms with van der Waals surface area (Å²) >= 11 is 0. The second-order valence-electron chi connectivity index (χ2n) is 4.97. The lowest BCUT2D eigenvalue weighted by Crippen LogP contribution is -2.45. The van der Waals surface area contributed by atoms with E-state index in [9.17, 15) is 14.4 Å². The number of carbonyl (C=O) groups excluding carboxylic acids is 2. The monoisotopic (exact) mass is 323 g/mol. The van der Waals surface area contributed by atoms with Gasteiger partial charge in [-0.25, -0.2) is 4.79 Å². The molecule has 0 spiro atoms. The predicted octanol–water partition coefficient (Wildman–Crippen LogP) is -0.180. The predicted molar refractivity (Wildman–Crippen MR) is 82.9 cm³/mol. The van der Waals surface area contributed by atoms with E-state index in [1.165, 1.54) is 24.3 Å². The molecule has 0 bridgehead atoms. The van der Waals surface area contributed by atoms with Crippen LogP contribution in [0.25, 0.3) is 0 Å². The summed E-state index contributed by atoms with van der Waals surface area (Å²) in [6.45, 7) is 0.128. The summed E-state index contributed by atoms with van der Waals surface area (Å²) in [7, 11) is 0. The standard InChI is InChI=1S/C15H21N3O5/c16-8-2-1-3-12(15(22)23)18-13(20)9-17-14(21)10-4-6-11(19)7-5-10/h4-7,12,19H,1-3,8-9,16H2,(H,17,21)(H,18,20)(H,22,23). The number of carboxylic acids is 1. The molecule has 0 aliphatic rings. The van der Waals surface area contributed by atoms with Crippen LogP contribution in [0.15, 0.2) is 24.3 Å². The summed E-state index contributed by atoms with van der Waals surface area (Å²) in [6, 6.07) is 4.53. The summed E-state index contributed by atoms with van der Waals surface area (Å²) in [5, 5.41) is 22.9. The van der Waals surface area contributed by atoms with Crippen LogP contribution < -0.4 is 16.4 Å². The Bertz CT molecular complexity index is 545. The first kappa shape index (κ1) is 18.4. The molecule has 6 N–H and O–H groups in total. The number of unbranched alkanes of at least 4 members (excludes halogenated alkanes) is 1. The minimum Gasteiger partial charge on any atom is -0.508 e. The molecule has 0 aromatic heterocycles. The summed E-state index contributed by atoms with van der Waals surface area (Å²) < 4.78 is 0. The highest BCUT2D eigenvalue weighted by molar-refractivity contribution is 5.96. The lowest BCUT2D eigenvalue weighted by atomic mass is 10.1. The van der Waals surface area contributed by atoms with Gasteiger partial charge in [0.15, 0.2) is 0 Å². The summed E-state index contributed by atoms with van der Waals surface area (Å²) in [6.07, 6.45) is 1.55. The van der Waals surface area contributed by atoms with Crippen molar-refractivity contribution in [3.8, 4) is 5.75 Å². The van der Waals surface area contributed by atoms with E-state index in [1.807, 2.05) is 0 Å². The van der Waals surface area contributed by atoms with Crippen LogP contribution in [-0.2, 0) is 9.59 Å². The number of nitrogens with one attached hydrogen (secondary N) is 2. The number of rotatable bonds is 9. The molecule has 0 heterocycles. The Morgan fingerprint density at radius 1 is 1.13 bits per heavy atom. The minimum atomic E-state index is -1.12. The normalized spacial score (nSPS) is 11.5. The van der Waals surface area contributed by atoms with E-state index >= 15 is 0 Å². The van der Waals surface area contributed by atoms with Gasteiger partial charge in [0.1, 0.15) is 11.8 Å². The highest BCUT2D eigenvalue weighted by atomic mass is 16.4. The zero-order valence-electron chi connectivity index (χ0n) is 12.6. The molecule has 1 aromatic rings. The van der Waals surface area contributed by atoms with Crippen LogP contribution in [0.4, 0.5) is 0 Å². The SMILES string of the molecule is NCCCCC(NC(=O)CNC(=O)c1ccc(O)cc1)C(=O)O. The lowest BCUT2D eigenvalue weighted by molar-refractivity contribution is -0.141. The van der Waals surface area contributed by atoms with Crippen LogP contribution in [0.2, 0.25) is 0 Å². The van der Waals surface area contributed by atoms with Gasteiger partial charge in [-0.15, -0.1) is 0 Å². The summed E-state index contributed by atoms with van der Waals surface area (Å²) in [4.78, 5) is 34.6. The van der Waals surface area contributed by atoms with Crippen LogP contribution in [0.3, 0.4) is 0 Å². The highest BCUT2D eigenvalue weighted by Crippen LogP contribution is 2.09. The molecule has 1 atom stereocenters. The number of hydrogen-bond donors (Lipinski definition) is 5. The Morgan fingerprint density at radius 2 is 1.78 bits per heavy atom. The third-order valence-electron chi connectivity index (χ3n) is 3.12. The van der Waals surface area contributed by atoms with Crippen molar-refractivity contribution in [2.24, 2.45) is 5.73 Å². The molecule has 0 saturated heterocycles. The fourth-order valence-corrected chi connectivity index (χ4v) is 1.87. The van der Waals surface area contributed by atoms with Crippen LogP contribution in [0.5, 0.6) is 5.75 Å². The van der Waals surface area contributed by atoms with E-state index in [4.69, 9.17) is 15.9 Å². The number of benzene rings is 1. The number of nitrogens with two attached hydrogens (primary N) is 1. The maximum atomic E-state index is 11.8. The fourth-order valence-electron chi connectivity index (χ4n) is 1.87. The number of amides is 2. The Hall–Kier alpha value is -2.61. The number of hydrogen-bond acceptors (Lipinski definition) is 5. The summed E-state index contributed by atoms with van der Waals surface area (Å²) in [5.41, 5.74) is 5.63. The smallest absolute Gasteiger partial charge is 0.326 e. The number of phenolic OH excluding ortho intramolecular Hbond substituents is 1. The van der Waals surface area contributed by atoms with Crippen molar-refractivity contribution in [3.05, 3.63) is 29.8 Å². The molecule has 0 saturated carbocycles. The Labute approximate surface area is 133 Å². The first-order valence-corrected chi connectivity index (χ1v) is 7.23. The van der Waals surface area contributed by atoms with E-state index in [0.717, 1.165) is 0 Å². The fraction of sp³-hybridized carbons (Fsp3) is 0.400. The first-order chi connectivity index (χ1) is 10.9. The summed E-state index contributed by atoms with van der Waals surface area (Å²) in [5.74, 6) is -2.17. The Kier molecular flexibility index (Phi) is 7.55.